The van der Waals surface area contributed by atoms with Crippen molar-refractivity contribution in [2.75, 3.05) is 39.6 Å². The van der Waals surface area contributed by atoms with E-state index in [9.17, 15) is 43.2 Å². The van der Waals surface area contributed by atoms with Gasteiger partial charge < -0.3 is 33.8 Å². The average Bonchev–Trinajstić information content (AvgIpc) is 2.89. The Morgan fingerprint density at radius 2 is 0.576 bits per heavy atom. The van der Waals surface area contributed by atoms with Gasteiger partial charge in [-0.2, -0.15) is 0 Å². The highest BCUT2D eigenvalue weighted by Crippen LogP contribution is 2.45. The van der Waals surface area contributed by atoms with Crippen LogP contribution in [0.1, 0.15) is 323 Å². The molecule has 0 spiro atoms. The summed E-state index contributed by atoms with van der Waals surface area (Å²) in [6.45, 7) is 4.71. The van der Waals surface area contributed by atoms with E-state index < -0.39 is 97.5 Å². The number of carbonyl (C=O) groups excluding carboxylic acids is 4. The maximum absolute atomic E-state index is 13.0. The van der Waals surface area contributed by atoms with Crippen molar-refractivity contribution in [2.24, 2.45) is 0 Å². The zero-order chi connectivity index (χ0) is 67.5. The first-order valence-electron chi connectivity index (χ1n) is 36.5. The highest BCUT2D eigenvalue weighted by molar-refractivity contribution is 7.47. The lowest BCUT2D eigenvalue weighted by molar-refractivity contribution is -0.161. The van der Waals surface area contributed by atoms with E-state index in [0.29, 0.717) is 25.7 Å². The number of phosphoric acid groups is 2. The predicted molar refractivity (Wildman–Crippen MR) is 372 cm³/mol. The zero-order valence-corrected chi connectivity index (χ0v) is 60.0. The van der Waals surface area contributed by atoms with E-state index in [-0.39, 0.29) is 25.7 Å². The van der Waals surface area contributed by atoms with Crippen LogP contribution < -0.4 is 0 Å². The first kappa shape index (κ1) is 88.8. The molecule has 17 nitrogen and oxygen atoms in total. The van der Waals surface area contributed by atoms with Gasteiger partial charge in [0.1, 0.15) is 19.3 Å². The number of unbranched alkanes of at least 4 members (excludes halogenated alkanes) is 33. The molecule has 536 valence electrons. The smallest absolute Gasteiger partial charge is 0.462 e. The minimum absolute atomic E-state index is 0.0952. The van der Waals surface area contributed by atoms with Crippen LogP contribution in [-0.4, -0.2) is 96.7 Å². The van der Waals surface area contributed by atoms with Crippen LogP contribution in [0.5, 0.6) is 0 Å². The van der Waals surface area contributed by atoms with Gasteiger partial charge in [0.05, 0.1) is 26.4 Å². The molecule has 0 bridgehead atoms. The lowest BCUT2D eigenvalue weighted by atomic mass is 10.0. The van der Waals surface area contributed by atoms with Crippen molar-refractivity contribution < 1.29 is 80.2 Å². The van der Waals surface area contributed by atoms with Crippen LogP contribution >= 0.6 is 15.6 Å². The minimum atomic E-state index is -4.97. The molecule has 0 fully saturated rings. The Morgan fingerprint density at radius 3 is 0.913 bits per heavy atom. The molecule has 5 unspecified atom stereocenters. The first-order chi connectivity index (χ1) is 44.7. The molecule has 0 aliphatic rings. The number of allylic oxidation sites excluding steroid dienone is 10. The quantitative estimate of drug-likeness (QED) is 0.0169. The van der Waals surface area contributed by atoms with Gasteiger partial charge in [0.25, 0.3) is 0 Å². The van der Waals surface area contributed by atoms with E-state index in [0.717, 1.165) is 141 Å². The third kappa shape index (κ3) is 65.4. The molecule has 5 atom stereocenters. The third-order valence-corrected chi connectivity index (χ3v) is 17.4. The molecule has 0 saturated carbocycles. The van der Waals surface area contributed by atoms with Crippen molar-refractivity contribution in [3.8, 4) is 0 Å². The second kappa shape index (κ2) is 66.4. The minimum Gasteiger partial charge on any atom is -0.462 e. The molecule has 0 aromatic heterocycles. The van der Waals surface area contributed by atoms with Gasteiger partial charge in [-0.1, -0.05) is 275 Å². The molecule has 0 aromatic rings. The normalized spacial score (nSPS) is 14.4. The number of hydrogen-bond donors (Lipinski definition) is 3. The van der Waals surface area contributed by atoms with Gasteiger partial charge in [-0.3, -0.25) is 37.3 Å². The van der Waals surface area contributed by atoms with Crippen molar-refractivity contribution in [3.63, 3.8) is 0 Å². The summed E-state index contributed by atoms with van der Waals surface area (Å²) < 4.78 is 68.3. The Hall–Kier alpha value is -3.24. The van der Waals surface area contributed by atoms with Crippen molar-refractivity contribution >= 4 is 39.5 Å². The number of rotatable bonds is 69. The number of carbonyl (C=O) groups is 4. The SMILES string of the molecule is CC/C=C\C/C=C\C/C=C\C/C=C\CCCCCCC(=O)OCC(COP(=O)(O)OCC(O)COP(=O)(O)OCC(COC(=O)CCCCCCC/C=C\CCCC)OC(=O)CCCCCCCCCCCCC)OC(=O)CCCCCCCCCCCCCCC. The Bertz CT molecular complexity index is 1990. The summed E-state index contributed by atoms with van der Waals surface area (Å²) in [4.78, 5) is 72.6. The van der Waals surface area contributed by atoms with Crippen molar-refractivity contribution in [1.29, 1.82) is 0 Å². The number of aliphatic hydroxyl groups excluding tert-OH is 1. The summed E-state index contributed by atoms with van der Waals surface area (Å²) >= 11 is 0. The van der Waals surface area contributed by atoms with Crippen LogP contribution in [0.15, 0.2) is 60.8 Å². The molecule has 0 aliphatic carbocycles. The van der Waals surface area contributed by atoms with Crippen LogP contribution in [0.4, 0.5) is 0 Å². The Kier molecular flexibility index (Phi) is 64.0. The monoisotopic (exact) mass is 1340 g/mol. The molecular formula is C73H132O17P2. The summed E-state index contributed by atoms with van der Waals surface area (Å²) in [5, 5.41) is 10.6. The predicted octanol–water partition coefficient (Wildman–Crippen LogP) is 20.3. The van der Waals surface area contributed by atoms with Gasteiger partial charge in [0.2, 0.25) is 0 Å². The van der Waals surface area contributed by atoms with E-state index in [2.05, 4.69) is 88.5 Å². The molecule has 0 rings (SSSR count). The molecule has 0 heterocycles. The number of phosphoric ester groups is 2. The van der Waals surface area contributed by atoms with E-state index in [1.165, 1.54) is 103 Å². The van der Waals surface area contributed by atoms with Gasteiger partial charge in [0.15, 0.2) is 12.2 Å². The first-order valence-corrected chi connectivity index (χ1v) is 39.5. The molecule has 19 heteroatoms. The van der Waals surface area contributed by atoms with Crippen LogP contribution in [-0.2, 0) is 65.4 Å². The highest BCUT2D eigenvalue weighted by Gasteiger charge is 2.30. The molecule has 0 aliphatic heterocycles. The summed E-state index contributed by atoms with van der Waals surface area (Å²) in [5.41, 5.74) is 0. The van der Waals surface area contributed by atoms with Crippen LogP contribution in [0.2, 0.25) is 0 Å². The van der Waals surface area contributed by atoms with Gasteiger partial charge >= 0.3 is 39.5 Å². The topological polar surface area (TPSA) is 237 Å². The summed E-state index contributed by atoms with van der Waals surface area (Å²) in [7, 11) is -9.93. The van der Waals surface area contributed by atoms with Gasteiger partial charge in [-0.05, 0) is 83.5 Å². The molecule has 0 aromatic carbocycles. The fraction of sp³-hybridized carbons (Fsp3) is 0.808. The maximum Gasteiger partial charge on any atom is 0.472 e. The van der Waals surface area contributed by atoms with Crippen LogP contribution in [0.3, 0.4) is 0 Å². The van der Waals surface area contributed by atoms with E-state index >= 15 is 0 Å². The summed E-state index contributed by atoms with van der Waals surface area (Å²) in [5.74, 6) is -2.18. The molecule has 0 saturated heterocycles. The Labute approximate surface area is 559 Å². The second-order valence-corrected chi connectivity index (χ2v) is 27.4. The van der Waals surface area contributed by atoms with E-state index in [1.807, 2.05) is 0 Å². The van der Waals surface area contributed by atoms with Gasteiger partial charge in [-0.15, -0.1) is 0 Å². The number of aliphatic hydroxyl groups is 1. The molecule has 0 radical (unpaired) electrons. The fourth-order valence-electron chi connectivity index (χ4n) is 9.90. The van der Waals surface area contributed by atoms with Crippen molar-refractivity contribution in [2.45, 2.75) is 341 Å². The molecular weight excluding hydrogens is 1210 g/mol. The fourth-order valence-corrected chi connectivity index (χ4v) is 11.5. The zero-order valence-electron chi connectivity index (χ0n) is 58.2. The number of hydrogen-bond acceptors (Lipinski definition) is 15. The molecule has 3 N–H and O–H groups in total. The molecule has 0 amide bonds. The van der Waals surface area contributed by atoms with Crippen molar-refractivity contribution in [3.05, 3.63) is 60.8 Å². The van der Waals surface area contributed by atoms with Gasteiger partial charge in [0, 0.05) is 25.7 Å². The lowest BCUT2D eigenvalue weighted by Gasteiger charge is -2.21. The lowest BCUT2D eigenvalue weighted by Crippen LogP contribution is -2.30. The van der Waals surface area contributed by atoms with E-state index in [4.69, 9.17) is 37.0 Å². The van der Waals surface area contributed by atoms with Gasteiger partial charge in [-0.25, -0.2) is 9.13 Å². The van der Waals surface area contributed by atoms with E-state index in [1.54, 1.807) is 0 Å². The Balaban J connectivity index is 5.30. The average molecular weight is 1340 g/mol. The standard InChI is InChI=1S/C73H132O17P2/c1-5-9-13-17-21-25-29-31-32-33-34-36-39-42-46-50-54-58-71(76)84-64-69(90-73(78)60-56-52-48-44-40-35-30-26-22-18-14-10-6-2)66-88-92(81,82)86-62-67(74)61-85-91(79,80)87-65-68(89-72(77)59-55-51-47-43-38-28-24-20-16-12-8-4)63-83-70(75)57-53-49-45-41-37-27-23-19-15-11-7-3/h9,13,19,21,23,25,31-32,34,36,67-69,74H,5-8,10-12,14-18,20,22,24,26-30,33,35,37-66H2,1-4H3,(H,79,80)(H,81,82)/b13-9-,23-19-,25-21-,32-31-,36-34-. The number of esters is 4. The number of ether oxygens (including phenoxy) is 4. The Morgan fingerprint density at radius 1 is 0.315 bits per heavy atom. The second-order valence-electron chi connectivity index (χ2n) is 24.5. The molecule has 92 heavy (non-hydrogen) atoms. The highest BCUT2D eigenvalue weighted by atomic mass is 31.2. The third-order valence-electron chi connectivity index (χ3n) is 15.5. The summed E-state index contributed by atoms with van der Waals surface area (Å²) in [6, 6.07) is 0. The maximum atomic E-state index is 13.0. The summed E-state index contributed by atoms with van der Waals surface area (Å²) in [6.07, 6.45) is 62.3. The van der Waals surface area contributed by atoms with Crippen LogP contribution in [0.25, 0.3) is 0 Å². The van der Waals surface area contributed by atoms with Crippen LogP contribution in [0, 0.1) is 0 Å². The van der Waals surface area contributed by atoms with Crippen molar-refractivity contribution in [1.82, 2.24) is 0 Å². The largest absolute Gasteiger partial charge is 0.472 e.